The van der Waals surface area contributed by atoms with Gasteiger partial charge in [-0.1, -0.05) is 11.6 Å². The summed E-state index contributed by atoms with van der Waals surface area (Å²) in [5.74, 6) is 0.818. The van der Waals surface area contributed by atoms with Gasteiger partial charge in [-0.25, -0.2) is 0 Å². The third kappa shape index (κ3) is 2.08. The van der Waals surface area contributed by atoms with Crippen molar-refractivity contribution in [2.45, 2.75) is 12.5 Å². The van der Waals surface area contributed by atoms with Gasteiger partial charge in [0.15, 0.2) is 0 Å². The summed E-state index contributed by atoms with van der Waals surface area (Å²) in [6.45, 7) is 1.92. The predicted octanol–water partition coefficient (Wildman–Crippen LogP) is 2.63. The summed E-state index contributed by atoms with van der Waals surface area (Å²) in [7, 11) is 0. The van der Waals surface area contributed by atoms with Gasteiger partial charge in [0.1, 0.15) is 17.4 Å². The second kappa shape index (κ2) is 4.51. The molecular weight excluding hydrogens is 236 g/mol. The van der Waals surface area contributed by atoms with Crippen molar-refractivity contribution in [2.75, 3.05) is 13.1 Å². The van der Waals surface area contributed by atoms with E-state index in [4.69, 9.17) is 16.3 Å². The second-order valence-corrected chi connectivity index (χ2v) is 4.58. The zero-order valence-corrected chi connectivity index (χ0v) is 10.1. The summed E-state index contributed by atoms with van der Waals surface area (Å²) < 4.78 is 5.96. The fourth-order valence-electron chi connectivity index (χ4n) is 2.12. The maximum atomic E-state index is 6.14. The largest absolute Gasteiger partial charge is 0.487 e. The van der Waals surface area contributed by atoms with Gasteiger partial charge in [0, 0.05) is 18.1 Å². The number of hydrogen-bond donors (Lipinski definition) is 1. The van der Waals surface area contributed by atoms with Crippen LogP contribution in [0.3, 0.4) is 0 Å². The van der Waals surface area contributed by atoms with Gasteiger partial charge in [-0.2, -0.15) is 0 Å². The molecule has 1 unspecified atom stereocenters. The Morgan fingerprint density at radius 2 is 2.29 bits per heavy atom. The van der Waals surface area contributed by atoms with Gasteiger partial charge in [-0.3, -0.25) is 4.98 Å². The molecule has 88 valence electrons. The van der Waals surface area contributed by atoms with Crippen molar-refractivity contribution in [1.82, 2.24) is 10.3 Å². The van der Waals surface area contributed by atoms with Crippen LogP contribution in [0, 0.1) is 0 Å². The smallest absolute Gasteiger partial charge is 0.146 e. The van der Waals surface area contributed by atoms with Gasteiger partial charge in [0.2, 0.25) is 0 Å². The first kappa shape index (κ1) is 10.8. The van der Waals surface area contributed by atoms with E-state index in [0.717, 1.165) is 36.2 Å². The number of nitrogens with zero attached hydrogens (tertiary/aromatic N) is 1. The zero-order chi connectivity index (χ0) is 11.7. The minimum absolute atomic E-state index is 0.237. The number of pyridine rings is 1. The number of benzene rings is 1. The Morgan fingerprint density at radius 3 is 3.12 bits per heavy atom. The molecule has 2 aromatic rings. The molecule has 17 heavy (non-hydrogen) atoms. The van der Waals surface area contributed by atoms with Gasteiger partial charge < -0.3 is 10.1 Å². The van der Waals surface area contributed by atoms with Crippen molar-refractivity contribution in [3.05, 3.63) is 35.5 Å². The summed E-state index contributed by atoms with van der Waals surface area (Å²) in [6.07, 6.45) is 3.04. The van der Waals surface area contributed by atoms with E-state index >= 15 is 0 Å². The quantitative estimate of drug-likeness (QED) is 0.887. The van der Waals surface area contributed by atoms with E-state index in [0.29, 0.717) is 5.02 Å². The maximum Gasteiger partial charge on any atom is 0.146 e. The Hall–Kier alpha value is -1.32. The molecule has 1 N–H and O–H groups in total. The van der Waals surface area contributed by atoms with E-state index in [1.54, 1.807) is 6.20 Å². The Kier molecular flexibility index (Phi) is 2.87. The molecule has 1 fully saturated rings. The molecule has 3 nitrogen and oxygen atoms in total. The topological polar surface area (TPSA) is 34.1 Å². The van der Waals surface area contributed by atoms with Crippen LogP contribution in [0.2, 0.25) is 5.02 Å². The molecule has 1 atom stereocenters. The molecule has 1 aromatic carbocycles. The molecule has 0 spiro atoms. The van der Waals surface area contributed by atoms with E-state index in [2.05, 4.69) is 10.3 Å². The van der Waals surface area contributed by atoms with Crippen molar-refractivity contribution in [3.8, 4) is 5.75 Å². The number of hydrogen-bond acceptors (Lipinski definition) is 3. The number of nitrogens with one attached hydrogen (secondary N) is 1. The van der Waals surface area contributed by atoms with Gasteiger partial charge in [0.25, 0.3) is 0 Å². The van der Waals surface area contributed by atoms with Crippen LogP contribution >= 0.6 is 11.6 Å². The van der Waals surface area contributed by atoms with Gasteiger partial charge >= 0.3 is 0 Å². The Morgan fingerprint density at radius 1 is 1.35 bits per heavy atom. The van der Waals surface area contributed by atoms with Gasteiger partial charge in [-0.15, -0.1) is 0 Å². The highest BCUT2D eigenvalue weighted by Crippen LogP contribution is 2.30. The highest BCUT2D eigenvalue weighted by atomic mass is 35.5. The van der Waals surface area contributed by atoms with Crippen LogP contribution in [-0.2, 0) is 0 Å². The fraction of sp³-hybridized carbons (Fsp3) is 0.308. The van der Waals surface area contributed by atoms with Crippen LogP contribution < -0.4 is 10.1 Å². The summed E-state index contributed by atoms with van der Waals surface area (Å²) in [5.41, 5.74) is 0.840. The lowest BCUT2D eigenvalue weighted by molar-refractivity contribution is 0.225. The molecule has 0 bridgehead atoms. The van der Waals surface area contributed by atoms with E-state index < -0.39 is 0 Å². The summed E-state index contributed by atoms with van der Waals surface area (Å²) in [5, 5.41) is 4.94. The normalized spacial score (nSPS) is 19.7. The van der Waals surface area contributed by atoms with Crippen LogP contribution in [0.5, 0.6) is 5.75 Å². The first-order chi connectivity index (χ1) is 8.34. The summed E-state index contributed by atoms with van der Waals surface area (Å²) in [6, 6.07) is 7.61. The predicted molar refractivity (Wildman–Crippen MR) is 68.7 cm³/mol. The van der Waals surface area contributed by atoms with Gasteiger partial charge in [0.05, 0.1) is 5.02 Å². The fourth-order valence-corrected chi connectivity index (χ4v) is 2.33. The maximum absolute atomic E-state index is 6.14. The molecule has 1 aliphatic rings. The number of halogens is 1. The monoisotopic (exact) mass is 248 g/mol. The van der Waals surface area contributed by atoms with Crippen LogP contribution in [0.25, 0.3) is 10.9 Å². The average Bonchev–Trinajstić information content (AvgIpc) is 2.86. The molecule has 2 heterocycles. The van der Waals surface area contributed by atoms with Crippen LogP contribution in [0.1, 0.15) is 6.42 Å². The lowest BCUT2D eigenvalue weighted by Crippen LogP contribution is -2.19. The molecule has 1 aliphatic heterocycles. The first-order valence-corrected chi connectivity index (χ1v) is 6.13. The summed E-state index contributed by atoms with van der Waals surface area (Å²) in [4.78, 5) is 4.35. The second-order valence-electron chi connectivity index (χ2n) is 4.18. The average molecular weight is 249 g/mol. The highest BCUT2D eigenvalue weighted by Gasteiger charge is 2.17. The molecule has 0 saturated carbocycles. The number of aromatic nitrogens is 1. The van der Waals surface area contributed by atoms with Crippen LogP contribution in [0.15, 0.2) is 30.5 Å². The zero-order valence-electron chi connectivity index (χ0n) is 9.32. The van der Waals surface area contributed by atoms with E-state index in [9.17, 15) is 0 Å². The molecular formula is C13H13ClN2O. The molecule has 0 radical (unpaired) electrons. The SMILES string of the molecule is Clc1ccc(OC2CCNC2)c2ncccc12. The van der Waals surface area contributed by atoms with Gasteiger partial charge in [-0.05, 0) is 37.2 Å². The summed E-state index contributed by atoms with van der Waals surface area (Å²) >= 11 is 6.14. The molecule has 0 amide bonds. The minimum Gasteiger partial charge on any atom is -0.487 e. The van der Waals surface area contributed by atoms with Crippen molar-refractivity contribution < 1.29 is 4.74 Å². The third-order valence-electron chi connectivity index (χ3n) is 2.99. The molecule has 4 heteroatoms. The van der Waals surface area contributed by atoms with Crippen molar-refractivity contribution in [2.24, 2.45) is 0 Å². The Balaban J connectivity index is 2.01. The number of rotatable bonds is 2. The van der Waals surface area contributed by atoms with Crippen molar-refractivity contribution in [3.63, 3.8) is 0 Å². The molecule has 0 aliphatic carbocycles. The lowest BCUT2D eigenvalue weighted by atomic mass is 10.2. The molecule has 3 rings (SSSR count). The third-order valence-corrected chi connectivity index (χ3v) is 3.32. The van der Waals surface area contributed by atoms with E-state index in [1.165, 1.54) is 0 Å². The molecule has 1 saturated heterocycles. The highest BCUT2D eigenvalue weighted by molar-refractivity contribution is 6.35. The number of fused-ring (bicyclic) bond motifs is 1. The van der Waals surface area contributed by atoms with E-state index in [1.807, 2.05) is 24.3 Å². The standard InChI is InChI=1S/C13H13ClN2O/c14-11-3-4-12(17-9-5-7-15-8-9)13-10(11)2-1-6-16-13/h1-4,6,9,15H,5,7-8H2. The Labute approximate surface area is 105 Å². The number of ether oxygens (including phenoxy) is 1. The van der Waals surface area contributed by atoms with E-state index in [-0.39, 0.29) is 6.10 Å². The van der Waals surface area contributed by atoms with Crippen LogP contribution in [-0.4, -0.2) is 24.2 Å². The first-order valence-electron chi connectivity index (χ1n) is 5.75. The minimum atomic E-state index is 0.237. The lowest BCUT2D eigenvalue weighted by Gasteiger charge is -2.14. The van der Waals surface area contributed by atoms with Crippen LogP contribution in [0.4, 0.5) is 0 Å². The van der Waals surface area contributed by atoms with Crippen molar-refractivity contribution >= 4 is 22.5 Å². The van der Waals surface area contributed by atoms with Crippen molar-refractivity contribution in [1.29, 1.82) is 0 Å². The Bertz CT molecular complexity index is 538. The molecule has 1 aromatic heterocycles.